The molecule has 1 N–H and O–H groups in total. The van der Waals surface area contributed by atoms with Gasteiger partial charge in [0.1, 0.15) is 4.88 Å². The number of nitrogens with zero attached hydrogens (tertiary/aromatic N) is 2. The number of rotatable bonds is 4. The van der Waals surface area contributed by atoms with Crippen molar-refractivity contribution < 1.29 is 9.90 Å². The van der Waals surface area contributed by atoms with E-state index in [9.17, 15) is 4.79 Å². The minimum absolute atomic E-state index is 0.0278. The van der Waals surface area contributed by atoms with Crippen molar-refractivity contribution in [1.29, 1.82) is 0 Å². The topological polar surface area (TPSA) is 53.4 Å². The molecule has 0 bridgehead atoms. The number of aliphatic hydroxyl groups excluding tert-OH is 1. The van der Waals surface area contributed by atoms with Crippen LogP contribution in [-0.2, 0) is 0 Å². The van der Waals surface area contributed by atoms with Gasteiger partial charge in [0.2, 0.25) is 0 Å². The van der Waals surface area contributed by atoms with Crippen LogP contribution in [-0.4, -0.2) is 40.1 Å². The molecule has 4 nitrogen and oxygen atoms in total. The van der Waals surface area contributed by atoms with Crippen molar-refractivity contribution in [2.24, 2.45) is 0 Å². The maximum atomic E-state index is 12.4. The average Bonchev–Trinajstić information content (AvgIpc) is 2.83. The van der Waals surface area contributed by atoms with Crippen LogP contribution in [0, 0.1) is 6.92 Å². The largest absolute Gasteiger partial charge is 0.395 e. The zero-order valence-electron chi connectivity index (χ0n) is 10.8. The summed E-state index contributed by atoms with van der Waals surface area (Å²) in [6, 6.07) is 0.292. The summed E-state index contributed by atoms with van der Waals surface area (Å²) in [5, 5.41) is 10.1. The first-order chi connectivity index (χ1) is 8.72. The van der Waals surface area contributed by atoms with Crippen molar-refractivity contribution in [3.63, 3.8) is 0 Å². The molecule has 1 aliphatic rings. The van der Waals surface area contributed by atoms with Gasteiger partial charge in [0.05, 0.1) is 17.8 Å². The standard InChI is InChI=1S/C13H20N2O2S/c1-10-14-9-12(18-10)13(17)15(7-8-16)11-5-3-2-4-6-11/h9,11,16H,2-8H2,1H3. The van der Waals surface area contributed by atoms with Crippen LogP contribution in [0.15, 0.2) is 6.20 Å². The monoisotopic (exact) mass is 268 g/mol. The van der Waals surface area contributed by atoms with Crippen molar-refractivity contribution in [3.05, 3.63) is 16.1 Å². The summed E-state index contributed by atoms with van der Waals surface area (Å²) in [4.78, 5) is 19.1. The second-order valence-corrected chi connectivity index (χ2v) is 5.99. The first-order valence-electron chi connectivity index (χ1n) is 6.56. The molecule has 1 amide bonds. The van der Waals surface area contributed by atoms with Crippen molar-refractivity contribution >= 4 is 17.2 Å². The maximum absolute atomic E-state index is 12.4. The van der Waals surface area contributed by atoms with Gasteiger partial charge < -0.3 is 10.0 Å². The predicted octanol–water partition coefficient (Wildman–Crippen LogP) is 2.22. The fraction of sp³-hybridized carbons (Fsp3) is 0.692. The molecule has 1 aromatic rings. The molecule has 0 atom stereocenters. The van der Waals surface area contributed by atoms with Crippen LogP contribution in [0.4, 0.5) is 0 Å². The molecule has 1 heterocycles. The fourth-order valence-corrected chi connectivity index (χ4v) is 3.29. The van der Waals surface area contributed by atoms with Crippen molar-refractivity contribution in [2.45, 2.75) is 45.1 Å². The van der Waals surface area contributed by atoms with Gasteiger partial charge in [-0.3, -0.25) is 4.79 Å². The van der Waals surface area contributed by atoms with Gasteiger partial charge in [0.25, 0.3) is 5.91 Å². The summed E-state index contributed by atoms with van der Waals surface area (Å²) in [5.74, 6) is 0.0292. The normalized spacial score (nSPS) is 16.8. The SMILES string of the molecule is Cc1ncc(C(=O)N(CCO)C2CCCCC2)s1. The van der Waals surface area contributed by atoms with Crippen LogP contribution in [0.1, 0.15) is 46.8 Å². The Morgan fingerprint density at radius 1 is 1.50 bits per heavy atom. The Labute approximate surface area is 112 Å². The van der Waals surface area contributed by atoms with Crippen LogP contribution in [0.3, 0.4) is 0 Å². The average molecular weight is 268 g/mol. The smallest absolute Gasteiger partial charge is 0.265 e. The highest BCUT2D eigenvalue weighted by molar-refractivity contribution is 7.13. The number of aliphatic hydroxyl groups is 1. The molecule has 0 saturated heterocycles. The lowest BCUT2D eigenvalue weighted by molar-refractivity contribution is 0.0590. The summed E-state index contributed by atoms with van der Waals surface area (Å²) in [5.41, 5.74) is 0. The third kappa shape index (κ3) is 3.09. The van der Waals surface area contributed by atoms with Gasteiger partial charge in [-0.15, -0.1) is 11.3 Å². The quantitative estimate of drug-likeness (QED) is 0.911. The molecule has 0 radical (unpaired) electrons. The van der Waals surface area contributed by atoms with Crippen LogP contribution >= 0.6 is 11.3 Å². The van der Waals surface area contributed by atoms with Crippen LogP contribution in [0.2, 0.25) is 0 Å². The van der Waals surface area contributed by atoms with E-state index in [0.29, 0.717) is 17.5 Å². The van der Waals surface area contributed by atoms with Crippen molar-refractivity contribution in [1.82, 2.24) is 9.88 Å². The Hall–Kier alpha value is -0.940. The third-order valence-electron chi connectivity index (χ3n) is 3.45. The second kappa shape index (κ2) is 6.29. The number of hydrogen-bond donors (Lipinski definition) is 1. The number of aromatic nitrogens is 1. The van der Waals surface area contributed by atoms with Gasteiger partial charge in [0, 0.05) is 12.6 Å². The van der Waals surface area contributed by atoms with Gasteiger partial charge in [-0.25, -0.2) is 4.98 Å². The van der Waals surface area contributed by atoms with Crippen LogP contribution in [0.25, 0.3) is 0 Å². The molecule has 2 rings (SSSR count). The van der Waals surface area contributed by atoms with Crippen LogP contribution in [0.5, 0.6) is 0 Å². The lowest BCUT2D eigenvalue weighted by Gasteiger charge is -2.33. The first kappa shape index (κ1) is 13.5. The van der Waals surface area contributed by atoms with Crippen LogP contribution < -0.4 is 0 Å². The van der Waals surface area contributed by atoms with Gasteiger partial charge in [0.15, 0.2) is 0 Å². The lowest BCUT2D eigenvalue weighted by Crippen LogP contribution is -2.42. The number of amides is 1. The van der Waals surface area contributed by atoms with Gasteiger partial charge in [-0.1, -0.05) is 19.3 Å². The van der Waals surface area contributed by atoms with E-state index < -0.39 is 0 Å². The highest BCUT2D eigenvalue weighted by Crippen LogP contribution is 2.25. The highest BCUT2D eigenvalue weighted by Gasteiger charge is 2.26. The van der Waals surface area contributed by atoms with E-state index in [2.05, 4.69) is 4.98 Å². The molecule has 1 aromatic heterocycles. The number of thiazole rings is 1. The summed E-state index contributed by atoms with van der Waals surface area (Å²) < 4.78 is 0. The fourth-order valence-electron chi connectivity index (χ4n) is 2.55. The molecular formula is C13H20N2O2S. The highest BCUT2D eigenvalue weighted by atomic mass is 32.1. The van der Waals surface area contributed by atoms with Gasteiger partial charge in [-0.05, 0) is 19.8 Å². The number of carbonyl (C=O) groups excluding carboxylic acids is 1. The minimum atomic E-state index is 0.0278. The summed E-state index contributed by atoms with van der Waals surface area (Å²) in [6.45, 7) is 2.36. The molecular weight excluding hydrogens is 248 g/mol. The molecule has 1 saturated carbocycles. The third-order valence-corrected chi connectivity index (χ3v) is 4.35. The Morgan fingerprint density at radius 3 is 2.78 bits per heavy atom. The number of aryl methyl sites for hydroxylation is 1. The first-order valence-corrected chi connectivity index (χ1v) is 7.38. The molecule has 5 heteroatoms. The predicted molar refractivity (Wildman–Crippen MR) is 71.8 cm³/mol. The summed E-state index contributed by atoms with van der Waals surface area (Å²) in [6.07, 6.45) is 7.39. The lowest BCUT2D eigenvalue weighted by atomic mass is 9.94. The molecule has 0 aromatic carbocycles. The Bertz CT molecular complexity index is 399. The molecule has 18 heavy (non-hydrogen) atoms. The molecule has 100 valence electrons. The van der Waals surface area contributed by atoms with E-state index in [-0.39, 0.29) is 12.5 Å². The van der Waals surface area contributed by atoms with Crippen molar-refractivity contribution in [3.8, 4) is 0 Å². The molecule has 0 spiro atoms. The van der Waals surface area contributed by atoms with E-state index >= 15 is 0 Å². The van der Waals surface area contributed by atoms with E-state index in [1.54, 1.807) is 6.20 Å². The Morgan fingerprint density at radius 2 is 2.22 bits per heavy atom. The Balaban J connectivity index is 2.10. The summed E-state index contributed by atoms with van der Waals surface area (Å²) >= 11 is 1.43. The zero-order valence-corrected chi connectivity index (χ0v) is 11.6. The molecule has 0 unspecified atom stereocenters. The minimum Gasteiger partial charge on any atom is -0.395 e. The molecule has 1 fully saturated rings. The van der Waals surface area contributed by atoms with Gasteiger partial charge in [-0.2, -0.15) is 0 Å². The number of hydrogen-bond acceptors (Lipinski definition) is 4. The van der Waals surface area contributed by atoms with E-state index in [1.807, 2.05) is 11.8 Å². The van der Waals surface area contributed by atoms with E-state index in [1.165, 1.54) is 30.6 Å². The maximum Gasteiger partial charge on any atom is 0.265 e. The second-order valence-electron chi connectivity index (χ2n) is 4.76. The van der Waals surface area contributed by atoms with Gasteiger partial charge >= 0.3 is 0 Å². The van der Waals surface area contributed by atoms with E-state index in [0.717, 1.165) is 17.8 Å². The Kier molecular flexibility index (Phi) is 4.72. The zero-order chi connectivity index (χ0) is 13.0. The van der Waals surface area contributed by atoms with E-state index in [4.69, 9.17) is 5.11 Å². The molecule has 1 aliphatic carbocycles. The van der Waals surface area contributed by atoms with Crippen molar-refractivity contribution in [2.75, 3.05) is 13.2 Å². The molecule has 0 aliphatic heterocycles. The number of carbonyl (C=O) groups is 1. The summed E-state index contributed by atoms with van der Waals surface area (Å²) in [7, 11) is 0.